The van der Waals surface area contributed by atoms with Crippen LogP contribution < -0.4 is 5.32 Å². The molecule has 0 spiro atoms. The Balaban J connectivity index is 2.02. The molecule has 0 atom stereocenters. The molecule has 15 heavy (non-hydrogen) atoms. The Bertz CT molecular complexity index is 431. The topological polar surface area (TPSA) is 29.9 Å². The van der Waals surface area contributed by atoms with Crippen LogP contribution in [-0.2, 0) is 13.6 Å². The van der Waals surface area contributed by atoms with Crippen molar-refractivity contribution in [1.29, 1.82) is 0 Å². The Labute approximate surface area is 89.7 Å². The summed E-state index contributed by atoms with van der Waals surface area (Å²) in [7, 11) is 1.93. The fourth-order valence-electron chi connectivity index (χ4n) is 1.57. The summed E-state index contributed by atoms with van der Waals surface area (Å²) in [5, 5.41) is 7.64. The van der Waals surface area contributed by atoms with Gasteiger partial charge in [0.1, 0.15) is 0 Å². The molecule has 2 rings (SSSR count). The number of nitrogens with one attached hydrogen (secondary N) is 1. The van der Waals surface area contributed by atoms with Crippen molar-refractivity contribution in [1.82, 2.24) is 9.78 Å². The minimum atomic E-state index is 0.841. The van der Waals surface area contributed by atoms with Gasteiger partial charge in [-0.3, -0.25) is 4.68 Å². The third-order valence-electron chi connectivity index (χ3n) is 2.34. The Morgan fingerprint density at radius 3 is 2.60 bits per heavy atom. The summed E-state index contributed by atoms with van der Waals surface area (Å²) in [6, 6.07) is 10.3. The maximum Gasteiger partial charge on any atom is 0.0825 e. The lowest BCUT2D eigenvalue weighted by atomic mass is 10.2. The van der Waals surface area contributed by atoms with Gasteiger partial charge in [0.25, 0.3) is 0 Å². The van der Waals surface area contributed by atoms with Crippen LogP contribution in [0.4, 0.5) is 5.69 Å². The highest BCUT2D eigenvalue weighted by Gasteiger charge is 2.01. The quantitative estimate of drug-likeness (QED) is 0.826. The van der Waals surface area contributed by atoms with Crippen LogP contribution in [0.5, 0.6) is 0 Å². The van der Waals surface area contributed by atoms with Gasteiger partial charge in [0.15, 0.2) is 0 Å². The molecular formula is C12H15N3. The van der Waals surface area contributed by atoms with E-state index in [1.54, 1.807) is 0 Å². The second-order valence-corrected chi connectivity index (χ2v) is 3.64. The van der Waals surface area contributed by atoms with Crippen molar-refractivity contribution in [2.75, 3.05) is 5.32 Å². The van der Waals surface area contributed by atoms with Crippen molar-refractivity contribution in [3.8, 4) is 0 Å². The fraction of sp³-hybridized carbons (Fsp3) is 0.250. The standard InChI is InChI=1S/C12H15N3/c1-10-12(9-15(2)14-10)13-8-11-6-4-3-5-7-11/h3-7,9,13H,8H2,1-2H3. The minimum Gasteiger partial charge on any atom is -0.378 e. The van der Waals surface area contributed by atoms with Crippen LogP contribution in [0.25, 0.3) is 0 Å². The summed E-state index contributed by atoms with van der Waals surface area (Å²) in [4.78, 5) is 0. The number of nitrogens with zero attached hydrogens (tertiary/aromatic N) is 2. The molecule has 0 bridgehead atoms. The molecule has 0 saturated carbocycles. The molecular weight excluding hydrogens is 186 g/mol. The molecule has 1 aromatic heterocycles. The van der Waals surface area contributed by atoms with Gasteiger partial charge >= 0.3 is 0 Å². The van der Waals surface area contributed by atoms with Gasteiger partial charge in [0, 0.05) is 19.8 Å². The summed E-state index contributed by atoms with van der Waals surface area (Å²) in [5.41, 5.74) is 3.41. The number of hydrogen-bond acceptors (Lipinski definition) is 2. The third-order valence-corrected chi connectivity index (χ3v) is 2.34. The largest absolute Gasteiger partial charge is 0.378 e. The molecule has 0 saturated heterocycles. The Kier molecular flexibility index (Phi) is 2.72. The van der Waals surface area contributed by atoms with Gasteiger partial charge in [-0.2, -0.15) is 5.10 Å². The first-order valence-electron chi connectivity index (χ1n) is 5.04. The van der Waals surface area contributed by atoms with Crippen molar-refractivity contribution in [3.63, 3.8) is 0 Å². The summed E-state index contributed by atoms with van der Waals surface area (Å²) in [6.07, 6.45) is 2.00. The van der Waals surface area contributed by atoms with E-state index in [1.165, 1.54) is 5.56 Å². The third kappa shape index (κ3) is 2.37. The zero-order valence-electron chi connectivity index (χ0n) is 9.07. The van der Waals surface area contributed by atoms with E-state index in [1.807, 2.05) is 43.0 Å². The number of hydrogen-bond donors (Lipinski definition) is 1. The predicted octanol–water partition coefficient (Wildman–Crippen LogP) is 2.34. The van der Waals surface area contributed by atoms with E-state index in [0.717, 1.165) is 17.9 Å². The second-order valence-electron chi connectivity index (χ2n) is 3.64. The molecule has 0 aliphatic carbocycles. The molecule has 3 nitrogen and oxygen atoms in total. The van der Waals surface area contributed by atoms with Gasteiger partial charge in [-0.05, 0) is 12.5 Å². The molecule has 0 aliphatic heterocycles. The summed E-state index contributed by atoms with van der Waals surface area (Å²) in [6.45, 7) is 2.85. The lowest BCUT2D eigenvalue weighted by Gasteiger charge is -2.04. The summed E-state index contributed by atoms with van der Waals surface area (Å²) in [5.74, 6) is 0. The second kappa shape index (κ2) is 4.17. The number of anilines is 1. The first kappa shape index (κ1) is 9.77. The van der Waals surface area contributed by atoms with Gasteiger partial charge in [-0.1, -0.05) is 30.3 Å². The van der Waals surface area contributed by atoms with E-state index >= 15 is 0 Å². The first-order valence-corrected chi connectivity index (χ1v) is 5.04. The lowest BCUT2D eigenvalue weighted by molar-refractivity contribution is 0.756. The molecule has 0 unspecified atom stereocenters. The molecule has 1 N–H and O–H groups in total. The maximum atomic E-state index is 4.28. The van der Waals surface area contributed by atoms with E-state index < -0.39 is 0 Å². The van der Waals surface area contributed by atoms with Gasteiger partial charge in [0.2, 0.25) is 0 Å². The van der Waals surface area contributed by atoms with Crippen LogP contribution in [0.2, 0.25) is 0 Å². The first-order chi connectivity index (χ1) is 7.25. The predicted molar refractivity (Wildman–Crippen MR) is 61.7 cm³/mol. The zero-order valence-corrected chi connectivity index (χ0v) is 9.07. The van der Waals surface area contributed by atoms with Crippen LogP contribution in [-0.4, -0.2) is 9.78 Å². The summed E-state index contributed by atoms with van der Waals surface area (Å²) >= 11 is 0. The van der Waals surface area contributed by atoms with E-state index in [4.69, 9.17) is 0 Å². The van der Waals surface area contributed by atoms with Crippen molar-refractivity contribution < 1.29 is 0 Å². The van der Waals surface area contributed by atoms with Gasteiger partial charge < -0.3 is 5.32 Å². The average molecular weight is 201 g/mol. The highest BCUT2D eigenvalue weighted by Crippen LogP contribution is 2.12. The van der Waals surface area contributed by atoms with Crippen molar-refractivity contribution in [2.24, 2.45) is 7.05 Å². The van der Waals surface area contributed by atoms with E-state index in [9.17, 15) is 0 Å². The van der Waals surface area contributed by atoms with E-state index in [2.05, 4.69) is 22.5 Å². The molecule has 0 amide bonds. The van der Waals surface area contributed by atoms with Gasteiger partial charge in [-0.25, -0.2) is 0 Å². The van der Waals surface area contributed by atoms with Crippen molar-refractivity contribution in [3.05, 3.63) is 47.8 Å². The Morgan fingerprint density at radius 2 is 2.00 bits per heavy atom. The number of aromatic nitrogens is 2. The molecule has 0 fully saturated rings. The van der Waals surface area contributed by atoms with Crippen LogP contribution in [0, 0.1) is 6.92 Å². The molecule has 2 aromatic rings. The molecule has 0 radical (unpaired) electrons. The Hall–Kier alpha value is -1.77. The smallest absolute Gasteiger partial charge is 0.0825 e. The SMILES string of the molecule is Cc1nn(C)cc1NCc1ccccc1. The highest BCUT2D eigenvalue weighted by atomic mass is 15.3. The Morgan fingerprint density at radius 1 is 1.27 bits per heavy atom. The van der Waals surface area contributed by atoms with Crippen LogP contribution in [0.3, 0.4) is 0 Å². The number of benzene rings is 1. The van der Waals surface area contributed by atoms with Crippen LogP contribution in [0.15, 0.2) is 36.5 Å². The zero-order chi connectivity index (χ0) is 10.7. The van der Waals surface area contributed by atoms with Gasteiger partial charge in [0.05, 0.1) is 11.4 Å². The maximum absolute atomic E-state index is 4.28. The molecule has 1 aromatic carbocycles. The molecule has 1 heterocycles. The number of rotatable bonds is 3. The fourth-order valence-corrected chi connectivity index (χ4v) is 1.57. The highest BCUT2D eigenvalue weighted by molar-refractivity contribution is 5.45. The van der Waals surface area contributed by atoms with Gasteiger partial charge in [-0.15, -0.1) is 0 Å². The number of aryl methyl sites for hydroxylation is 2. The van der Waals surface area contributed by atoms with E-state index in [-0.39, 0.29) is 0 Å². The van der Waals surface area contributed by atoms with E-state index in [0.29, 0.717) is 0 Å². The lowest BCUT2D eigenvalue weighted by Crippen LogP contribution is -1.99. The summed E-state index contributed by atoms with van der Waals surface area (Å²) < 4.78 is 1.82. The molecule has 0 aliphatic rings. The monoisotopic (exact) mass is 201 g/mol. The molecule has 3 heteroatoms. The normalized spacial score (nSPS) is 10.3. The molecule has 78 valence electrons. The van der Waals surface area contributed by atoms with Crippen molar-refractivity contribution in [2.45, 2.75) is 13.5 Å². The van der Waals surface area contributed by atoms with Crippen LogP contribution >= 0.6 is 0 Å². The van der Waals surface area contributed by atoms with Crippen molar-refractivity contribution >= 4 is 5.69 Å². The average Bonchev–Trinajstić information content (AvgIpc) is 2.56. The van der Waals surface area contributed by atoms with Crippen LogP contribution in [0.1, 0.15) is 11.3 Å². The minimum absolute atomic E-state index is 0.841.